The van der Waals surface area contributed by atoms with Crippen molar-refractivity contribution < 1.29 is 19.8 Å². The van der Waals surface area contributed by atoms with Crippen LogP contribution in [0.3, 0.4) is 0 Å². The van der Waals surface area contributed by atoms with Crippen LogP contribution in [0.4, 0.5) is 4.79 Å². The Kier molecular flexibility index (Phi) is 9.88. The molecule has 0 saturated heterocycles. The zero-order chi connectivity index (χ0) is 14.7. The summed E-state index contributed by atoms with van der Waals surface area (Å²) in [7, 11) is 0. The van der Waals surface area contributed by atoms with E-state index in [4.69, 9.17) is 10.2 Å². The van der Waals surface area contributed by atoms with Gasteiger partial charge < -0.3 is 20.8 Å². The second kappa shape index (κ2) is 10.6. The average Bonchev–Trinajstić information content (AvgIpc) is 2.35. The smallest absolute Gasteiger partial charge is 0.332 e. The second-order valence-electron chi connectivity index (χ2n) is 4.67. The summed E-state index contributed by atoms with van der Waals surface area (Å²) < 4.78 is 0. The molecule has 0 radical (unpaired) electrons. The van der Waals surface area contributed by atoms with E-state index in [2.05, 4.69) is 24.5 Å². The molecule has 0 saturated carbocycles. The highest BCUT2D eigenvalue weighted by Crippen LogP contribution is 2.06. The first-order chi connectivity index (χ1) is 9.01. The first-order valence-corrected chi connectivity index (χ1v) is 6.96. The van der Waals surface area contributed by atoms with Crippen molar-refractivity contribution in [3.63, 3.8) is 0 Å². The maximum atomic E-state index is 11.6. The maximum Gasteiger partial charge on any atom is 0.332 e. The van der Waals surface area contributed by atoms with E-state index >= 15 is 0 Å². The molecule has 2 atom stereocenters. The van der Waals surface area contributed by atoms with E-state index in [0.717, 1.165) is 32.1 Å². The molecule has 0 aromatic carbocycles. The Morgan fingerprint density at radius 3 is 2.32 bits per heavy atom. The fourth-order valence-electron chi connectivity index (χ4n) is 1.77. The van der Waals surface area contributed by atoms with E-state index < -0.39 is 12.1 Å². The molecule has 4 N–H and O–H groups in total. The molecule has 6 nitrogen and oxygen atoms in total. The Bertz CT molecular complexity index is 271. The Morgan fingerprint density at radius 2 is 1.79 bits per heavy atom. The minimum atomic E-state index is -1.42. The van der Waals surface area contributed by atoms with Crippen LogP contribution in [0.15, 0.2) is 0 Å². The third kappa shape index (κ3) is 9.30. The molecule has 112 valence electrons. The molecule has 0 aliphatic rings. The Balaban J connectivity index is 3.88. The summed E-state index contributed by atoms with van der Waals surface area (Å²) in [6.45, 7) is 4.32. The van der Waals surface area contributed by atoms with Crippen LogP contribution in [-0.4, -0.2) is 40.9 Å². The number of nitrogens with one attached hydrogen (secondary N) is 2. The Morgan fingerprint density at radius 1 is 1.11 bits per heavy atom. The molecule has 2 unspecified atom stereocenters. The molecular weight excluding hydrogens is 248 g/mol. The number of hydrogen-bond donors (Lipinski definition) is 4. The molecule has 0 spiro atoms. The fourth-order valence-corrected chi connectivity index (χ4v) is 1.77. The van der Waals surface area contributed by atoms with Gasteiger partial charge in [-0.15, -0.1) is 0 Å². The van der Waals surface area contributed by atoms with E-state index in [1.807, 2.05) is 0 Å². The van der Waals surface area contributed by atoms with Crippen LogP contribution in [-0.2, 0) is 4.79 Å². The molecule has 0 aromatic rings. The van der Waals surface area contributed by atoms with Crippen molar-refractivity contribution in [1.82, 2.24) is 10.6 Å². The van der Waals surface area contributed by atoms with Crippen molar-refractivity contribution >= 4 is 12.0 Å². The predicted molar refractivity (Wildman–Crippen MR) is 73.0 cm³/mol. The minimum absolute atomic E-state index is 0.0101. The van der Waals surface area contributed by atoms with Crippen LogP contribution in [0.2, 0.25) is 0 Å². The zero-order valence-corrected chi connectivity index (χ0v) is 11.8. The van der Waals surface area contributed by atoms with Gasteiger partial charge in [-0.05, 0) is 12.8 Å². The number of amides is 2. The number of aliphatic hydroxyl groups is 1. The van der Waals surface area contributed by atoms with Crippen LogP contribution in [0.1, 0.15) is 52.4 Å². The summed E-state index contributed by atoms with van der Waals surface area (Å²) in [5.74, 6) is -1.27. The average molecular weight is 274 g/mol. The SMILES string of the molecule is CCCCC(CCC)NC(=O)NCCC(O)C(=O)O. The van der Waals surface area contributed by atoms with Gasteiger partial charge in [0, 0.05) is 19.0 Å². The highest BCUT2D eigenvalue weighted by molar-refractivity contribution is 5.74. The van der Waals surface area contributed by atoms with Crippen LogP contribution in [0.25, 0.3) is 0 Å². The van der Waals surface area contributed by atoms with Gasteiger partial charge in [0.1, 0.15) is 0 Å². The van der Waals surface area contributed by atoms with Crippen molar-refractivity contribution in [1.29, 1.82) is 0 Å². The van der Waals surface area contributed by atoms with Gasteiger partial charge >= 0.3 is 12.0 Å². The zero-order valence-electron chi connectivity index (χ0n) is 11.8. The lowest BCUT2D eigenvalue weighted by Crippen LogP contribution is -2.43. The predicted octanol–water partition coefficient (Wildman–Crippen LogP) is 1.48. The number of carboxylic acid groups (broad SMARTS) is 1. The van der Waals surface area contributed by atoms with Gasteiger partial charge in [-0.1, -0.05) is 33.1 Å². The summed E-state index contributed by atoms with van der Waals surface area (Å²) in [6, 6.07) is -0.138. The van der Waals surface area contributed by atoms with Crippen molar-refractivity contribution in [2.45, 2.75) is 64.5 Å². The summed E-state index contributed by atoms with van der Waals surface area (Å²) in [5.41, 5.74) is 0. The second-order valence-corrected chi connectivity index (χ2v) is 4.67. The number of carbonyl (C=O) groups excluding carboxylic acids is 1. The highest BCUT2D eigenvalue weighted by Gasteiger charge is 2.14. The normalized spacial score (nSPS) is 13.6. The van der Waals surface area contributed by atoms with Crippen molar-refractivity contribution in [2.75, 3.05) is 6.54 Å². The van der Waals surface area contributed by atoms with E-state index in [-0.39, 0.29) is 25.0 Å². The molecule has 0 aromatic heterocycles. The largest absolute Gasteiger partial charge is 0.479 e. The molecule has 0 heterocycles. The topological polar surface area (TPSA) is 98.7 Å². The van der Waals surface area contributed by atoms with E-state index in [1.165, 1.54) is 0 Å². The van der Waals surface area contributed by atoms with Gasteiger partial charge in [-0.3, -0.25) is 0 Å². The molecule has 0 fully saturated rings. The minimum Gasteiger partial charge on any atom is -0.479 e. The number of aliphatic hydroxyl groups excluding tert-OH is 1. The van der Waals surface area contributed by atoms with E-state index in [0.29, 0.717) is 0 Å². The van der Waals surface area contributed by atoms with Crippen molar-refractivity contribution in [3.05, 3.63) is 0 Å². The number of carbonyl (C=O) groups is 2. The molecule has 0 aliphatic carbocycles. The van der Waals surface area contributed by atoms with Crippen molar-refractivity contribution in [3.8, 4) is 0 Å². The van der Waals surface area contributed by atoms with Gasteiger partial charge in [0.15, 0.2) is 6.10 Å². The van der Waals surface area contributed by atoms with Gasteiger partial charge in [0.05, 0.1) is 0 Å². The van der Waals surface area contributed by atoms with Crippen molar-refractivity contribution in [2.24, 2.45) is 0 Å². The third-order valence-electron chi connectivity index (χ3n) is 2.87. The lowest BCUT2D eigenvalue weighted by Gasteiger charge is -2.18. The molecular formula is C13H26N2O4. The molecule has 2 amide bonds. The van der Waals surface area contributed by atoms with Crippen LogP contribution in [0, 0.1) is 0 Å². The Hall–Kier alpha value is -1.30. The molecule has 19 heavy (non-hydrogen) atoms. The van der Waals surface area contributed by atoms with Gasteiger partial charge in [-0.25, -0.2) is 9.59 Å². The molecule has 6 heteroatoms. The lowest BCUT2D eigenvalue weighted by atomic mass is 10.1. The maximum absolute atomic E-state index is 11.6. The number of rotatable bonds is 10. The van der Waals surface area contributed by atoms with E-state index in [1.54, 1.807) is 0 Å². The fraction of sp³-hybridized carbons (Fsp3) is 0.846. The quantitative estimate of drug-likeness (QED) is 0.485. The van der Waals surface area contributed by atoms with Crippen LogP contribution in [0.5, 0.6) is 0 Å². The number of aliphatic carboxylic acids is 1. The monoisotopic (exact) mass is 274 g/mol. The van der Waals surface area contributed by atoms with Gasteiger partial charge in [0.2, 0.25) is 0 Å². The van der Waals surface area contributed by atoms with Gasteiger partial charge in [0.25, 0.3) is 0 Å². The third-order valence-corrected chi connectivity index (χ3v) is 2.87. The van der Waals surface area contributed by atoms with Crippen LogP contribution >= 0.6 is 0 Å². The van der Waals surface area contributed by atoms with E-state index in [9.17, 15) is 9.59 Å². The number of urea groups is 1. The van der Waals surface area contributed by atoms with Crippen LogP contribution < -0.4 is 10.6 Å². The summed E-state index contributed by atoms with van der Waals surface area (Å²) in [6.07, 6.45) is 3.65. The number of carboxylic acids is 1. The highest BCUT2D eigenvalue weighted by atomic mass is 16.4. The molecule has 0 bridgehead atoms. The summed E-state index contributed by atoms with van der Waals surface area (Å²) in [4.78, 5) is 22.0. The Labute approximate surface area is 114 Å². The number of unbranched alkanes of at least 4 members (excludes halogenated alkanes) is 1. The first kappa shape index (κ1) is 17.7. The molecule has 0 rings (SSSR count). The molecule has 0 aliphatic heterocycles. The van der Waals surface area contributed by atoms with Gasteiger partial charge in [-0.2, -0.15) is 0 Å². The summed E-state index contributed by atoms with van der Waals surface area (Å²) >= 11 is 0. The standard InChI is InChI=1S/C13H26N2O4/c1-3-5-7-10(6-4-2)15-13(19)14-9-8-11(16)12(17)18/h10-11,16H,3-9H2,1-2H3,(H,17,18)(H2,14,15,19). The summed E-state index contributed by atoms with van der Waals surface area (Å²) in [5, 5.41) is 23.0. The lowest BCUT2D eigenvalue weighted by molar-refractivity contribution is -0.146. The number of hydrogen-bond acceptors (Lipinski definition) is 3. The first-order valence-electron chi connectivity index (χ1n) is 6.96.